The normalized spacial score (nSPS) is 19.8. The van der Waals surface area contributed by atoms with Crippen LogP contribution in [0.5, 0.6) is 0 Å². The lowest BCUT2D eigenvalue weighted by atomic mass is 9.92. The van der Waals surface area contributed by atoms with Gasteiger partial charge in [0.1, 0.15) is 11.6 Å². The predicted octanol–water partition coefficient (Wildman–Crippen LogP) is 4.02. The summed E-state index contributed by atoms with van der Waals surface area (Å²) in [6.07, 6.45) is 7.83. The van der Waals surface area contributed by atoms with Gasteiger partial charge in [-0.1, -0.05) is 18.2 Å². The molecule has 0 aliphatic heterocycles. The summed E-state index contributed by atoms with van der Waals surface area (Å²) in [5.41, 5.74) is 9.74. The van der Waals surface area contributed by atoms with Gasteiger partial charge in [-0.05, 0) is 50.7 Å². The number of aryl methyl sites for hydroxylation is 1. The first kappa shape index (κ1) is 22.5. The molecule has 10 nitrogen and oxygen atoms in total. The largest absolute Gasteiger partial charge is 0.366 e. The second kappa shape index (κ2) is 9.27. The summed E-state index contributed by atoms with van der Waals surface area (Å²) in [5.74, 6) is 1.57. The zero-order chi connectivity index (χ0) is 24.6. The van der Waals surface area contributed by atoms with Crippen LogP contribution in [0.2, 0.25) is 0 Å². The molecule has 0 unspecified atom stereocenters. The van der Waals surface area contributed by atoms with E-state index in [4.69, 9.17) is 10.8 Å². The minimum absolute atomic E-state index is 0.269. The third-order valence-electron chi connectivity index (χ3n) is 7.01. The van der Waals surface area contributed by atoms with E-state index in [1.54, 1.807) is 15.4 Å². The van der Waals surface area contributed by atoms with Gasteiger partial charge in [0.25, 0.3) is 5.91 Å². The molecule has 1 amide bonds. The maximum atomic E-state index is 13.3. The molecule has 0 spiro atoms. The second-order valence-electron chi connectivity index (χ2n) is 9.88. The van der Waals surface area contributed by atoms with Gasteiger partial charge in [0.15, 0.2) is 11.3 Å². The van der Waals surface area contributed by atoms with Crippen molar-refractivity contribution in [3.05, 3.63) is 60.0 Å². The van der Waals surface area contributed by atoms with Gasteiger partial charge in [-0.25, -0.2) is 9.50 Å². The van der Waals surface area contributed by atoms with Gasteiger partial charge in [-0.15, -0.1) is 5.10 Å². The maximum absolute atomic E-state index is 13.3. The number of imidazole rings is 1. The summed E-state index contributed by atoms with van der Waals surface area (Å²) < 4.78 is 3.32. The fourth-order valence-electron chi connectivity index (χ4n) is 4.80. The lowest BCUT2D eigenvalue weighted by molar-refractivity contribution is 0.101. The smallest absolute Gasteiger partial charge is 0.277 e. The number of para-hydroxylation sites is 1. The highest BCUT2D eigenvalue weighted by molar-refractivity contribution is 6.03. The third-order valence-corrected chi connectivity index (χ3v) is 7.01. The predicted molar refractivity (Wildman–Crippen MR) is 140 cm³/mol. The van der Waals surface area contributed by atoms with Crippen LogP contribution in [0, 0.1) is 0 Å². The standard InChI is InChI=1S/C26H31N9O/c1-34-24(14-20(32-34)16-7-8-16)31-26(36)22-15-28-25-21(29-18-5-3-2-4-6-18)13-23(33-35(22)25)30-19-11-9-17(27)10-12-19/h2-6,13-17,19,29H,7-12,27H2,1H3,(H,30,33)(H,31,36)/t17-,19-. The van der Waals surface area contributed by atoms with Crippen molar-refractivity contribution in [3.8, 4) is 0 Å². The third kappa shape index (κ3) is 4.64. The van der Waals surface area contributed by atoms with Crippen molar-refractivity contribution in [3.63, 3.8) is 0 Å². The Hall–Kier alpha value is -3.92. The first-order valence-electron chi connectivity index (χ1n) is 12.6. The lowest BCUT2D eigenvalue weighted by Crippen LogP contribution is -2.33. The Morgan fingerprint density at radius 1 is 1.03 bits per heavy atom. The van der Waals surface area contributed by atoms with Gasteiger partial charge in [0, 0.05) is 42.9 Å². The number of nitrogens with one attached hydrogen (secondary N) is 3. The first-order valence-corrected chi connectivity index (χ1v) is 12.6. The quantitative estimate of drug-likeness (QED) is 0.311. The molecule has 3 aromatic heterocycles. The Morgan fingerprint density at radius 3 is 2.56 bits per heavy atom. The van der Waals surface area contributed by atoms with E-state index in [-0.39, 0.29) is 18.0 Å². The second-order valence-corrected chi connectivity index (χ2v) is 9.88. The van der Waals surface area contributed by atoms with Gasteiger partial charge >= 0.3 is 0 Å². The Morgan fingerprint density at radius 2 is 1.81 bits per heavy atom. The van der Waals surface area contributed by atoms with E-state index < -0.39 is 0 Å². The van der Waals surface area contributed by atoms with Crippen LogP contribution in [-0.2, 0) is 7.05 Å². The molecule has 186 valence electrons. The number of nitrogens with two attached hydrogens (primary N) is 1. The van der Waals surface area contributed by atoms with Gasteiger partial charge in [0.05, 0.1) is 17.6 Å². The molecule has 0 saturated heterocycles. The summed E-state index contributed by atoms with van der Waals surface area (Å²) >= 11 is 0. The number of aromatic nitrogens is 5. The molecule has 10 heteroatoms. The van der Waals surface area contributed by atoms with Crippen molar-refractivity contribution in [2.75, 3.05) is 16.0 Å². The minimum atomic E-state index is -0.285. The summed E-state index contributed by atoms with van der Waals surface area (Å²) in [5, 5.41) is 19.3. The van der Waals surface area contributed by atoms with E-state index in [1.165, 1.54) is 0 Å². The van der Waals surface area contributed by atoms with Crippen molar-refractivity contribution < 1.29 is 4.79 Å². The molecule has 3 heterocycles. The summed E-state index contributed by atoms with van der Waals surface area (Å²) in [4.78, 5) is 17.9. The van der Waals surface area contributed by atoms with Crippen LogP contribution in [0.1, 0.15) is 60.6 Å². The fourth-order valence-corrected chi connectivity index (χ4v) is 4.80. The Labute approximate surface area is 209 Å². The van der Waals surface area contributed by atoms with E-state index in [0.717, 1.165) is 55.6 Å². The first-order chi connectivity index (χ1) is 17.5. The summed E-state index contributed by atoms with van der Waals surface area (Å²) in [6.45, 7) is 0. The molecule has 2 aliphatic rings. The Balaban J connectivity index is 1.32. The van der Waals surface area contributed by atoms with Crippen LogP contribution in [0.4, 0.5) is 23.0 Å². The van der Waals surface area contributed by atoms with Crippen LogP contribution >= 0.6 is 0 Å². The van der Waals surface area contributed by atoms with E-state index >= 15 is 0 Å². The number of anilines is 4. The highest BCUT2D eigenvalue weighted by Crippen LogP contribution is 2.40. The zero-order valence-corrected chi connectivity index (χ0v) is 20.3. The van der Waals surface area contributed by atoms with Gasteiger partial charge in [-0.3, -0.25) is 9.48 Å². The number of carbonyl (C=O) groups excluding carboxylic acids is 1. The zero-order valence-electron chi connectivity index (χ0n) is 20.3. The maximum Gasteiger partial charge on any atom is 0.277 e. The molecule has 4 aromatic rings. The Bertz CT molecular complexity index is 1380. The molecule has 2 fully saturated rings. The van der Waals surface area contributed by atoms with Crippen molar-refractivity contribution in [2.24, 2.45) is 12.8 Å². The molecule has 5 N–H and O–H groups in total. The van der Waals surface area contributed by atoms with E-state index in [0.29, 0.717) is 28.9 Å². The highest BCUT2D eigenvalue weighted by atomic mass is 16.2. The average Bonchev–Trinajstić information content (AvgIpc) is 3.54. The van der Waals surface area contributed by atoms with Crippen LogP contribution in [-0.4, -0.2) is 42.4 Å². The monoisotopic (exact) mass is 485 g/mol. The molecule has 0 atom stereocenters. The van der Waals surface area contributed by atoms with E-state index in [1.807, 2.05) is 49.5 Å². The minimum Gasteiger partial charge on any atom is -0.366 e. The molecule has 36 heavy (non-hydrogen) atoms. The number of nitrogens with zero attached hydrogens (tertiary/aromatic N) is 5. The van der Waals surface area contributed by atoms with E-state index in [2.05, 4.69) is 26.0 Å². The number of rotatable bonds is 7. The molecule has 0 bridgehead atoms. The summed E-state index contributed by atoms with van der Waals surface area (Å²) in [7, 11) is 1.84. The van der Waals surface area contributed by atoms with Crippen molar-refractivity contribution in [2.45, 2.75) is 56.5 Å². The molecule has 6 rings (SSSR count). The number of fused-ring (bicyclic) bond motifs is 1. The van der Waals surface area contributed by atoms with Crippen molar-refractivity contribution in [1.82, 2.24) is 24.4 Å². The van der Waals surface area contributed by atoms with Crippen molar-refractivity contribution in [1.29, 1.82) is 0 Å². The van der Waals surface area contributed by atoms with Crippen LogP contribution < -0.4 is 21.7 Å². The van der Waals surface area contributed by atoms with Gasteiger partial charge < -0.3 is 21.7 Å². The number of amides is 1. The van der Waals surface area contributed by atoms with Crippen LogP contribution in [0.15, 0.2) is 48.7 Å². The van der Waals surface area contributed by atoms with Crippen LogP contribution in [0.25, 0.3) is 5.65 Å². The molecule has 1 aromatic carbocycles. The molecular formula is C26H31N9O. The average molecular weight is 486 g/mol. The number of benzene rings is 1. The molecule has 2 saturated carbocycles. The molecule has 0 radical (unpaired) electrons. The SMILES string of the molecule is Cn1nc(C2CC2)cc1NC(=O)c1cnc2c(Nc3ccccc3)cc(N[C@H]3CC[C@H](N)CC3)nn12. The van der Waals surface area contributed by atoms with Crippen LogP contribution in [0.3, 0.4) is 0 Å². The van der Waals surface area contributed by atoms with Gasteiger partial charge in [0.2, 0.25) is 0 Å². The fraction of sp³-hybridized carbons (Fsp3) is 0.385. The molecule has 2 aliphatic carbocycles. The number of hydrogen-bond acceptors (Lipinski definition) is 7. The van der Waals surface area contributed by atoms with Gasteiger partial charge in [-0.2, -0.15) is 5.10 Å². The number of carbonyl (C=O) groups is 1. The highest BCUT2D eigenvalue weighted by Gasteiger charge is 2.28. The lowest BCUT2D eigenvalue weighted by Gasteiger charge is -2.27. The Kier molecular flexibility index (Phi) is 5.80. The van der Waals surface area contributed by atoms with Crippen molar-refractivity contribution >= 4 is 34.6 Å². The number of hydrogen-bond donors (Lipinski definition) is 4. The topological polar surface area (TPSA) is 127 Å². The van der Waals surface area contributed by atoms with E-state index in [9.17, 15) is 4.79 Å². The molecular weight excluding hydrogens is 454 g/mol. The summed E-state index contributed by atoms with van der Waals surface area (Å²) in [6, 6.07) is 14.4.